The summed E-state index contributed by atoms with van der Waals surface area (Å²) in [5.41, 5.74) is 1.32. The molecule has 0 radical (unpaired) electrons. The van der Waals surface area contributed by atoms with Crippen molar-refractivity contribution >= 4 is 17.4 Å². The van der Waals surface area contributed by atoms with Gasteiger partial charge in [-0.3, -0.25) is 9.89 Å². The number of amides is 1. The molecular formula is C22H27F2N5O2. The van der Waals surface area contributed by atoms with Crippen molar-refractivity contribution < 1.29 is 18.3 Å². The van der Waals surface area contributed by atoms with Gasteiger partial charge in [-0.1, -0.05) is 0 Å². The monoisotopic (exact) mass is 431 g/mol. The lowest BCUT2D eigenvalue weighted by molar-refractivity contribution is -0.148. The van der Waals surface area contributed by atoms with Gasteiger partial charge < -0.3 is 15.0 Å². The topological polar surface area (TPSA) is 83.1 Å². The smallest absolute Gasteiger partial charge is 0.266 e. The average Bonchev–Trinajstić information content (AvgIpc) is 3.45. The normalized spacial score (nSPS) is 29.3. The Morgan fingerprint density at radius 2 is 1.87 bits per heavy atom. The van der Waals surface area contributed by atoms with E-state index in [0.29, 0.717) is 22.8 Å². The number of hydrogen-bond donors (Lipinski definition) is 2. The fraction of sp³-hybridized carbons (Fsp3) is 0.591. The molecule has 6 rings (SSSR count). The molecule has 3 aliphatic carbocycles. The molecular weight excluding hydrogens is 404 g/mol. The molecule has 1 saturated heterocycles. The molecule has 0 atom stereocenters. The minimum absolute atomic E-state index is 0.0575. The van der Waals surface area contributed by atoms with Crippen molar-refractivity contribution in [1.82, 2.24) is 15.2 Å². The summed E-state index contributed by atoms with van der Waals surface area (Å²) in [7, 11) is 1.75. The van der Waals surface area contributed by atoms with Crippen molar-refractivity contribution in [2.24, 2.45) is 5.41 Å². The number of halogens is 2. The van der Waals surface area contributed by atoms with Crippen molar-refractivity contribution in [3.8, 4) is 11.3 Å². The van der Waals surface area contributed by atoms with Gasteiger partial charge in [0, 0.05) is 43.4 Å². The van der Waals surface area contributed by atoms with E-state index in [2.05, 4.69) is 20.5 Å². The number of pyridine rings is 1. The van der Waals surface area contributed by atoms with Crippen molar-refractivity contribution in [3.05, 3.63) is 24.5 Å². The standard InChI is InChI=1S/C22H27F2N5O2/c1-31-21-7-4-20(5-8-21,6-9-21)19(30)27-17-15(16-3-12-26-28-16)2-11-25-18(17)29-13-10-22(23,24)14-29/h2-3,11-12H,4-10,13-14H2,1H3,(H,26,28)(H,27,30). The first-order chi connectivity index (χ1) is 14.9. The summed E-state index contributed by atoms with van der Waals surface area (Å²) in [6.45, 7) is -0.215. The van der Waals surface area contributed by atoms with Crippen LogP contribution in [-0.2, 0) is 9.53 Å². The highest BCUT2D eigenvalue weighted by molar-refractivity contribution is 6.02. The first-order valence-corrected chi connectivity index (χ1v) is 10.8. The number of nitrogens with one attached hydrogen (secondary N) is 2. The zero-order valence-corrected chi connectivity index (χ0v) is 17.6. The van der Waals surface area contributed by atoms with Gasteiger partial charge in [0.2, 0.25) is 5.91 Å². The maximum atomic E-state index is 13.9. The van der Waals surface area contributed by atoms with Gasteiger partial charge in [0.15, 0.2) is 5.82 Å². The summed E-state index contributed by atoms with van der Waals surface area (Å²) in [4.78, 5) is 19.5. The van der Waals surface area contributed by atoms with Gasteiger partial charge in [-0.2, -0.15) is 5.10 Å². The maximum absolute atomic E-state index is 13.9. The third-order valence-corrected chi connectivity index (χ3v) is 7.52. The van der Waals surface area contributed by atoms with Crippen LogP contribution in [0.25, 0.3) is 11.3 Å². The number of alkyl halides is 2. The van der Waals surface area contributed by atoms with Crippen LogP contribution in [0.3, 0.4) is 0 Å². The van der Waals surface area contributed by atoms with E-state index in [4.69, 9.17) is 4.74 Å². The predicted molar refractivity (Wildman–Crippen MR) is 112 cm³/mol. The summed E-state index contributed by atoms with van der Waals surface area (Å²) in [5, 5.41) is 10.0. The Hall–Kier alpha value is -2.55. The number of carbonyl (C=O) groups excluding carboxylic acids is 1. The Labute approximate surface area is 179 Å². The Bertz CT molecular complexity index is 954. The van der Waals surface area contributed by atoms with E-state index in [1.807, 2.05) is 0 Å². The van der Waals surface area contributed by atoms with Crippen LogP contribution in [0.15, 0.2) is 24.5 Å². The average molecular weight is 431 g/mol. The molecule has 2 bridgehead atoms. The molecule has 1 amide bonds. The van der Waals surface area contributed by atoms with E-state index >= 15 is 0 Å². The molecule has 2 aromatic heterocycles. The Morgan fingerprint density at radius 3 is 2.45 bits per heavy atom. The zero-order valence-electron chi connectivity index (χ0n) is 17.6. The molecule has 9 heteroatoms. The van der Waals surface area contributed by atoms with Crippen molar-refractivity contribution in [1.29, 1.82) is 0 Å². The summed E-state index contributed by atoms with van der Waals surface area (Å²) >= 11 is 0. The molecule has 3 heterocycles. The van der Waals surface area contributed by atoms with Crippen LogP contribution in [0.1, 0.15) is 44.9 Å². The maximum Gasteiger partial charge on any atom is 0.266 e. The number of ether oxygens (including phenoxy) is 1. The van der Waals surface area contributed by atoms with Crippen LogP contribution in [0.2, 0.25) is 0 Å². The predicted octanol–water partition coefficient (Wildman–Crippen LogP) is 4.00. The van der Waals surface area contributed by atoms with E-state index in [0.717, 1.165) is 38.5 Å². The molecule has 2 N–H and O–H groups in total. The number of fused-ring (bicyclic) bond motifs is 3. The quantitative estimate of drug-likeness (QED) is 0.748. The van der Waals surface area contributed by atoms with Crippen LogP contribution < -0.4 is 10.2 Å². The molecule has 3 saturated carbocycles. The molecule has 0 aromatic carbocycles. The molecule has 31 heavy (non-hydrogen) atoms. The highest BCUT2D eigenvalue weighted by atomic mass is 19.3. The molecule has 0 spiro atoms. The third-order valence-electron chi connectivity index (χ3n) is 7.52. The van der Waals surface area contributed by atoms with Crippen LogP contribution in [-0.4, -0.2) is 52.8 Å². The molecule has 7 nitrogen and oxygen atoms in total. The Kier molecular flexibility index (Phi) is 4.76. The molecule has 2 aromatic rings. The van der Waals surface area contributed by atoms with Gasteiger partial charge >= 0.3 is 0 Å². The molecule has 0 unspecified atom stereocenters. The van der Waals surface area contributed by atoms with Gasteiger partial charge in [0.05, 0.1) is 23.5 Å². The van der Waals surface area contributed by atoms with E-state index in [1.165, 1.54) is 0 Å². The van der Waals surface area contributed by atoms with Gasteiger partial charge in [0.25, 0.3) is 5.92 Å². The number of anilines is 2. The van der Waals surface area contributed by atoms with Gasteiger partial charge in [-0.25, -0.2) is 13.8 Å². The molecule has 166 valence electrons. The van der Waals surface area contributed by atoms with E-state index in [-0.39, 0.29) is 24.5 Å². The Morgan fingerprint density at radius 1 is 1.13 bits per heavy atom. The number of nitrogens with zero attached hydrogens (tertiary/aromatic N) is 3. The summed E-state index contributed by atoms with van der Waals surface area (Å²) in [6, 6.07) is 3.57. The van der Waals surface area contributed by atoms with Crippen molar-refractivity contribution in [2.45, 2.75) is 56.5 Å². The highest BCUT2D eigenvalue weighted by Crippen LogP contribution is 2.54. The summed E-state index contributed by atoms with van der Waals surface area (Å²) < 4.78 is 33.6. The summed E-state index contributed by atoms with van der Waals surface area (Å²) in [5.74, 6) is -2.44. The number of aromatic nitrogens is 3. The number of rotatable bonds is 5. The lowest BCUT2D eigenvalue weighted by Gasteiger charge is -2.51. The number of carbonyl (C=O) groups is 1. The zero-order chi connectivity index (χ0) is 21.7. The molecule has 4 aliphatic rings. The molecule has 4 fully saturated rings. The SMILES string of the molecule is COC12CCC(C(=O)Nc3c(-c4ccn[nH]4)ccnc3N3CCC(F)(F)C3)(CC1)CC2. The third kappa shape index (κ3) is 3.48. The van der Waals surface area contributed by atoms with Crippen LogP contribution in [0.5, 0.6) is 0 Å². The van der Waals surface area contributed by atoms with E-state index < -0.39 is 17.9 Å². The molecule has 1 aliphatic heterocycles. The fourth-order valence-corrected chi connectivity index (χ4v) is 5.40. The van der Waals surface area contributed by atoms with Gasteiger partial charge in [0.1, 0.15) is 0 Å². The number of aromatic amines is 1. The fourth-order valence-electron chi connectivity index (χ4n) is 5.40. The van der Waals surface area contributed by atoms with Crippen molar-refractivity contribution in [2.75, 3.05) is 30.4 Å². The van der Waals surface area contributed by atoms with E-state index in [1.54, 1.807) is 36.5 Å². The number of H-pyrrole nitrogens is 1. The van der Waals surface area contributed by atoms with Gasteiger partial charge in [-0.15, -0.1) is 0 Å². The lowest BCUT2D eigenvalue weighted by Crippen LogP contribution is -2.52. The van der Waals surface area contributed by atoms with Crippen LogP contribution in [0.4, 0.5) is 20.3 Å². The first kappa shape index (κ1) is 20.4. The second-order valence-corrected chi connectivity index (χ2v) is 9.18. The minimum Gasteiger partial charge on any atom is -0.378 e. The second-order valence-electron chi connectivity index (χ2n) is 9.18. The number of hydrogen-bond acceptors (Lipinski definition) is 5. The van der Waals surface area contributed by atoms with Crippen molar-refractivity contribution in [3.63, 3.8) is 0 Å². The first-order valence-electron chi connectivity index (χ1n) is 10.8. The Balaban J connectivity index is 1.48. The van der Waals surface area contributed by atoms with Gasteiger partial charge in [-0.05, 0) is 50.7 Å². The highest BCUT2D eigenvalue weighted by Gasteiger charge is 2.53. The minimum atomic E-state index is -2.76. The largest absolute Gasteiger partial charge is 0.378 e. The summed E-state index contributed by atoms with van der Waals surface area (Å²) in [6.07, 6.45) is 7.88. The van der Waals surface area contributed by atoms with E-state index in [9.17, 15) is 13.6 Å². The second kappa shape index (κ2) is 7.25. The lowest BCUT2D eigenvalue weighted by atomic mass is 9.58. The number of methoxy groups -OCH3 is 1. The van der Waals surface area contributed by atoms with Crippen LogP contribution in [0, 0.1) is 5.41 Å². The van der Waals surface area contributed by atoms with Crippen LogP contribution >= 0.6 is 0 Å².